The topological polar surface area (TPSA) is 27.1 Å². The number of imidazole rings is 1. The molecule has 1 heterocycles. The molecule has 0 fully saturated rings. The van der Waals surface area contributed by atoms with Crippen LogP contribution in [0.2, 0.25) is 0 Å². The molecule has 0 saturated heterocycles. The van der Waals surface area contributed by atoms with Gasteiger partial charge in [-0.3, -0.25) is 0 Å². The van der Waals surface area contributed by atoms with Gasteiger partial charge in [0.15, 0.2) is 0 Å². The van der Waals surface area contributed by atoms with Crippen LogP contribution in [-0.4, -0.2) is 16.7 Å². The van der Waals surface area contributed by atoms with Gasteiger partial charge in [0.1, 0.15) is 5.75 Å². The van der Waals surface area contributed by atoms with E-state index in [9.17, 15) is 0 Å². The fourth-order valence-corrected chi connectivity index (χ4v) is 2.26. The van der Waals surface area contributed by atoms with Crippen LogP contribution in [0.15, 0.2) is 67.1 Å². The summed E-state index contributed by atoms with van der Waals surface area (Å²) in [6.07, 6.45) is 3.76. The Labute approximate surface area is 118 Å². The lowest BCUT2D eigenvalue weighted by Gasteiger charge is -2.09. The van der Waals surface area contributed by atoms with Crippen LogP contribution in [0.1, 0.15) is 5.56 Å². The smallest absolute Gasteiger partial charge is 0.119 e. The Hall–Kier alpha value is -2.55. The number of methoxy groups -OCH3 is 1. The maximum absolute atomic E-state index is 5.26. The molecule has 0 N–H and O–H groups in total. The quantitative estimate of drug-likeness (QED) is 0.720. The van der Waals surface area contributed by atoms with E-state index in [1.807, 2.05) is 42.9 Å². The standard InChI is InChI=1S/C17H16N2O/c1-20-16-9-5-6-14(10-16)12-19-13-18-11-17(19)15-7-3-2-4-8-15/h2-11,13H,12H2,1H3. The van der Waals surface area contributed by atoms with Crippen LogP contribution in [0.25, 0.3) is 11.3 Å². The van der Waals surface area contributed by atoms with Gasteiger partial charge in [-0.15, -0.1) is 0 Å². The van der Waals surface area contributed by atoms with Crippen LogP contribution in [0.4, 0.5) is 0 Å². The molecule has 20 heavy (non-hydrogen) atoms. The maximum atomic E-state index is 5.26. The van der Waals surface area contributed by atoms with E-state index in [-0.39, 0.29) is 0 Å². The van der Waals surface area contributed by atoms with Crippen molar-refractivity contribution in [1.29, 1.82) is 0 Å². The van der Waals surface area contributed by atoms with Crippen LogP contribution in [0.3, 0.4) is 0 Å². The molecular weight excluding hydrogens is 248 g/mol. The van der Waals surface area contributed by atoms with Gasteiger partial charge in [0, 0.05) is 6.54 Å². The van der Waals surface area contributed by atoms with E-state index in [0.717, 1.165) is 18.0 Å². The molecule has 0 amide bonds. The van der Waals surface area contributed by atoms with Crippen molar-refractivity contribution in [2.45, 2.75) is 6.54 Å². The highest BCUT2D eigenvalue weighted by atomic mass is 16.5. The minimum absolute atomic E-state index is 0.779. The summed E-state index contributed by atoms with van der Waals surface area (Å²) < 4.78 is 7.41. The molecule has 0 atom stereocenters. The molecule has 3 nitrogen and oxygen atoms in total. The van der Waals surface area contributed by atoms with E-state index in [4.69, 9.17) is 4.74 Å². The van der Waals surface area contributed by atoms with Crippen molar-refractivity contribution < 1.29 is 4.74 Å². The number of benzene rings is 2. The molecule has 3 aromatic rings. The van der Waals surface area contributed by atoms with Crippen molar-refractivity contribution in [2.24, 2.45) is 0 Å². The highest BCUT2D eigenvalue weighted by Gasteiger charge is 2.05. The minimum Gasteiger partial charge on any atom is -0.497 e. The molecule has 0 aliphatic carbocycles. The van der Waals surface area contributed by atoms with Crippen molar-refractivity contribution in [3.05, 3.63) is 72.7 Å². The Balaban J connectivity index is 1.90. The monoisotopic (exact) mass is 264 g/mol. The molecule has 0 unspecified atom stereocenters. The van der Waals surface area contributed by atoms with E-state index in [1.54, 1.807) is 7.11 Å². The lowest BCUT2D eigenvalue weighted by Crippen LogP contribution is -2.00. The first kappa shape index (κ1) is 12.5. The summed E-state index contributed by atoms with van der Waals surface area (Å²) in [6.45, 7) is 0.779. The van der Waals surface area contributed by atoms with Gasteiger partial charge in [-0.1, -0.05) is 42.5 Å². The summed E-state index contributed by atoms with van der Waals surface area (Å²) in [7, 11) is 1.69. The Kier molecular flexibility index (Phi) is 3.50. The maximum Gasteiger partial charge on any atom is 0.119 e. The third kappa shape index (κ3) is 2.57. The van der Waals surface area contributed by atoms with E-state index in [0.29, 0.717) is 0 Å². The molecule has 0 saturated carbocycles. The van der Waals surface area contributed by atoms with E-state index >= 15 is 0 Å². The van der Waals surface area contributed by atoms with Gasteiger partial charge >= 0.3 is 0 Å². The fourth-order valence-electron chi connectivity index (χ4n) is 2.26. The average molecular weight is 264 g/mol. The van der Waals surface area contributed by atoms with Crippen LogP contribution in [0.5, 0.6) is 5.75 Å². The summed E-state index contributed by atoms with van der Waals surface area (Å²) >= 11 is 0. The largest absolute Gasteiger partial charge is 0.497 e. The van der Waals surface area contributed by atoms with E-state index in [1.165, 1.54) is 11.1 Å². The van der Waals surface area contributed by atoms with Crippen molar-refractivity contribution in [3.63, 3.8) is 0 Å². The molecule has 3 rings (SSSR count). The first-order chi connectivity index (χ1) is 9.86. The second kappa shape index (κ2) is 5.61. The molecule has 100 valence electrons. The second-order valence-electron chi connectivity index (χ2n) is 4.62. The van der Waals surface area contributed by atoms with E-state index in [2.05, 4.69) is 33.8 Å². The lowest BCUT2D eigenvalue weighted by atomic mass is 10.1. The van der Waals surface area contributed by atoms with Gasteiger partial charge in [-0.05, 0) is 23.3 Å². The number of aromatic nitrogens is 2. The third-order valence-corrected chi connectivity index (χ3v) is 3.27. The zero-order valence-electron chi connectivity index (χ0n) is 11.4. The van der Waals surface area contributed by atoms with Crippen molar-refractivity contribution in [1.82, 2.24) is 9.55 Å². The normalized spacial score (nSPS) is 10.4. The molecule has 0 spiro atoms. The number of nitrogens with zero attached hydrogens (tertiary/aromatic N) is 2. The number of ether oxygens (including phenoxy) is 1. The lowest BCUT2D eigenvalue weighted by molar-refractivity contribution is 0.414. The number of hydrogen-bond donors (Lipinski definition) is 0. The fraction of sp³-hybridized carbons (Fsp3) is 0.118. The zero-order valence-corrected chi connectivity index (χ0v) is 11.4. The van der Waals surface area contributed by atoms with Gasteiger partial charge < -0.3 is 9.30 Å². The van der Waals surface area contributed by atoms with Gasteiger partial charge in [-0.2, -0.15) is 0 Å². The number of hydrogen-bond acceptors (Lipinski definition) is 2. The molecule has 0 bridgehead atoms. The average Bonchev–Trinajstić information content (AvgIpc) is 2.96. The van der Waals surface area contributed by atoms with Crippen LogP contribution in [0, 0.1) is 0 Å². The van der Waals surface area contributed by atoms with Crippen molar-refractivity contribution in [2.75, 3.05) is 7.11 Å². The van der Waals surface area contributed by atoms with Gasteiger partial charge in [-0.25, -0.2) is 4.98 Å². The van der Waals surface area contributed by atoms with Gasteiger partial charge in [0.05, 0.1) is 25.3 Å². The number of rotatable bonds is 4. The Morgan fingerprint density at radius 1 is 1.05 bits per heavy atom. The van der Waals surface area contributed by atoms with Crippen LogP contribution < -0.4 is 4.74 Å². The molecule has 1 aromatic heterocycles. The van der Waals surface area contributed by atoms with Crippen LogP contribution >= 0.6 is 0 Å². The summed E-state index contributed by atoms with van der Waals surface area (Å²) in [5, 5.41) is 0. The first-order valence-electron chi connectivity index (χ1n) is 6.55. The van der Waals surface area contributed by atoms with E-state index < -0.39 is 0 Å². The first-order valence-corrected chi connectivity index (χ1v) is 6.55. The highest BCUT2D eigenvalue weighted by molar-refractivity contribution is 5.58. The predicted octanol–water partition coefficient (Wildman–Crippen LogP) is 3.61. The molecular formula is C17H16N2O. The van der Waals surface area contributed by atoms with Gasteiger partial charge in [0.25, 0.3) is 0 Å². The molecule has 0 aliphatic heterocycles. The summed E-state index contributed by atoms with van der Waals surface area (Å²) in [5.74, 6) is 0.879. The molecule has 0 aliphatic rings. The molecule has 3 heteroatoms. The second-order valence-corrected chi connectivity index (χ2v) is 4.62. The highest BCUT2D eigenvalue weighted by Crippen LogP contribution is 2.20. The Morgan fingerprint density at radius 3 is 2.70 bits per heavy atom. The Bertz CT molecular complexity index is 689. The zero-order chi connectivity index (χ0) is 13.8. The minimum atomic E-state index is 0.779. The van der Waals surface area contributed by atoms with Crippen LogP contribution in [-0.2, 0) is 6.54 Å². The molecule has 2 aromatic carbocycles. The van der Waals surface area contributed by atoms with Crippen molar-refractivity contribution in [3.8, 4) is 17.0 Å². The summed E-state index contributed by atoms with van der Waals surface area (Å²) in [5.41, 5.74) is 3.49. The van der Waals surface area contributed by atoms with Gasteiger partial charge in [0.2, 0.25) is 0 Å². The summed E-state index contributed by atoms with van der Waals surface area (Å²) in [4.78, 5) is 4.27. The Morgan fingerprint density at radius 2 is 1.90 bits per heavy atom. The third-order valence-electron chi connectivity index (χ3n) is 3.27. The molecule has 0 radical (unpaired) electrons. The SMILES string of the molecule is COc1cccc(Cn2cncc2-c2ccccc2)c1. The van der Waals surface area contributed by atoms with Crippen molar-refractivity contribution >= 4 is 0 Å². The summed E-state index contributed by atoms with van der Waals surface area (Å²) in [6, 6.07) is 18.4. The predicted molar refractivity (Wildman–Crippen MR) is 79.8 cm³/mol.